The molecule has 1 fully saturated rings. The van der Waals surface area contributed by atoms with Crippen LogP contribution in [0.15, 0.2) is 52.2 Å². The van der Waals surface area contributed by atoms with E-state index >= 15 is 0 Å². The van der Waals surface area contributed by atoms with Gasteiger partial charge in [-0.15, -0.1) is 10.2 Å². The summed E-state index contributed by atoms with van der Waals surface area (Å²) >= 11 is 1.36. The highest BCUT2D eigenvalue weighted by atomic mass is 32.2. The van der Waals surface area contributed by atoms with Gasteiger partial charge in [-0.05, 0) is 36.8 Å². The van der Waals surface area contributed by atoms with Gasteiger partial charge in [-0.1, -0.05) is 23.9 Å². The second-order valence-corrected chi connectivity index (χ2v) is 8.49. The first-order valence-corrected chi connectivity index (χ1v) is 12.1. The molecule has 0 aliphatic carbocycles. The van der Waals surface area contributed by atoms with Crippen LogP contribution in [0.25, 0.3) is 11.6 Å². The van der Waals surface area contributed by atoms with Gasteiger partial charge >= 0.3 is 0 Å². The average molecular weight is 472 g/mol. The molecule has 3 aromatic rings. The molecule has 176 valence electrons. The molecule has 2 aromatic heterocycles. The van der Waals surface area contributed by atoms with E-state index in [1.54, 1.807) is 6.26 Å². The molecule has 4 rings (SSSR count). The summed E-state index contributed by atoms with van der Waals surface area (Å²) in [7, 11) is 0. The first-order valence-electron chi connectivity index (χ1n) is 11.1. The van der Waals surface area contributed by atoms with Crippen LogP contribution in [0.2, 0.25) is 0 Å². The predicted octanol–water partition coefficient (Wildman–Crippen LogP) is 2.68. The van der Waals surface area contributed by atoms with Crippen molar-refractivity contribution in [2.45, 2.75) is 25.2 Å². The predicted molar refractivity (Wildman–Crippen MR) is 125 cm³/mol. The third kappa shape index (κ3) is 6.59. The van der Waals surface area contributed by atoms with Crippen LogP contribution in [0.1, 0.15) is 12.5 Å². The Balaban J connectivity index is 1.22. The summed E-state index contributed by atoms with van der Waals surface area (Å²) in [6.07, 6.45) is 1.61. The van der Waals surface area contributed by atoms with Crippen LogP contribution in [0.4, 0.5) is 0 Å². The number of carbonyl (C=O) groups is 1. The summed E-state index contributed by atoms with van der Waals surface area (Å²) in [5, 5.41) is 12.1. The number of aromatic nitrogens is 3. The average Bonchev–Trinajstić information content (AvgIpc) is 3.52. The van der Waals surface area contributed by atoms with Gasteiger partial charge in [-0.3, -0.25) is 14.3 Å². The molecule has 3 heterocycles. The Morgan fingerprint density at radius 2 is 2.09 bits per heavy atom. The SMILES string of the molecule is CCn1c(SCC(=O)NCc2cccc(OCCN3CCOCC3)c2)nnc1-c1ccco1. The Morgan fingerprint density at radius 1 is 1.21 bits per heavy atom. The van der Waals surface area contributed by atoms with Crippen molar-refractivity contribution in [1.82, 2.24) is 25.0 Å². The van der Waals surface area contributed by atoms with Gasteiger partial charge in [0.15, 0.2) is 16.7 Å². The van der Waals surface area contributed by atoms with Crippen molar-refractivity contribution >= 4 is 17.7 Å². The minimum Gasteiger partial charge on any atom is -0.492 e. The number of rotatable bonds is 11. The number of amides is 1. The summed E-state index contributed by atoms with van der Waals surface area (Å²) in [4.78, 5) is 14.7. The lowest BCUT2D eigenvalue weighted by Crippen LogP contribution is -2.38. The molecule has 1 saturated heterocycles. The van der Waals surface area contributed by atoms with Crippen LogP contribution in [0, 0.1) is 0 Å². The molecule has 0 atom stereocenters. The van der Waals surface area contributed by atoms with Crippen molar-refractivity contribution in [2.75, 3.05) is 45.2 Å². The number of morpholine rings is 1. The molecule has 0 bridgehead atoms. The van der Waals surface area contributed by atoms with E-state index in [4.69, 9.17) is 13.9 Å². The summed E-state index contributed by atoms with van der Waals surface area (Å²) in [6, 6.07) is 11.5. The molecule has 1 N–H and O–H groups in total. The number of ether oxygens (including phenoxy) is 2. The topological polar surface area (TPSA) is 94.7 Å². The lowest BCUT2D eigenvalue weighted by molar-refractivity contribution is -0.118. The van der Waals surface area contributed by atoms with Crippen LogP contribution in [0.5, 0.6) is 5.75 Å². The number of benzene rings is 1. The monoisotopic (exact) mass is 471 g/mol. The van der Waals surface area contributed by atoms with Gasteiger partial charge < -0.3 is 19.2 Å². The Labute approximate surface area is 197 Å². The van der Waals surface area contributed by atoms with Gasteiger partial charge in [-0.2, -0.15) is 0 Å². The number of thioether (sulfide) groups is 1. The summed E-state index contributed by atoms with van der Waals surface area (Å²) in [5.41, 5.74) is 0.994. The molecule has 0 saturated carbocycles. The van der Waals surface area contributed by atoms with E-state index in [-0.39, 0.29) is 11.7 Å². The Hall–Kier alpha value is -2.82. The molecular weight excluding hydrogens is 442 g/mol. The molecule has 1 amide bonds. The fraction of sp³-hybridized carbons (Fsp3) is 0.435. The van der Waals surface area contributed by atoms with Gasteiger partial charge in [-0.25, -0.2) is 0 Å². The van der Waals surface area contributed by atoms with Gasteiger partial charge in [0.05, 0.1) is 25.2 Å². The van der Waals surface area contributed by atoms with Gasteiger partial charge in [0, 0.05) is 32.7 Å². The summed E-state index contributed by atoms with van der Waals surface area (Å²) in [5.74, 6) is 2.32. The van der Waals surface area contributed by atoms with Gasteiger partial charge in [0.25, 0.3) is 0 Å². The Bertz CT molecular complexity index is 1020. The van der Waals surface area contributed by atoms with Crippen LogP contribution in [-0.2, 0) is 22.6 Å². The molecule has 0 spiro atoms. The van der Waals surface area contributed by atoms with Crippen molar-refractivity contribution < 1.29 is 18.7 Å². The van der Waals surface area contributed by atoms with Crippen LogP contribution in [0.3, 0.4) is 0 Å². The quantitative estimate of drug-likeness (QED) is 0.427. The largest absolute Gasteiger partial charge is 0.492 e. The second kappa shape index (κ2) is 11.9. The molecular formula is C23H29N5O4S. The number of hydrogen-bond donors (Lipinski definition) is 1. The van der Waals surface area contributed by atoms with Crippen LogP contribution in [-0.4, -0.2) is 70.8 Å². The minimum absolute atomic E-state index is 0.0659. The lowest BCUT2D eigenvalue weighted by Gasteiger charge is -2.26. The smallest absolute Gasteiger partial charge is 0.230 e. The maximum absolute atomic E-state index is 12.4. The van der Waals surface area contributed by atoms with Crippen molar-refractivity contribution in [3.63, 3.8) is 0 Å². The Morgan fingerprint density at radius 3 is 2.88 bits per heavy atom. The number of nitrogens with one attached hydrogen (secondary N) is 1. The highest BCUT2D eigenvalue weighted by Gasteiger charge is 2.16. The zero-order valence-corrected chi connectivity index (χ0v) is 19.6. The van der Waals surface area contributed by atoms with Crippen molar-refractivity contribution in [3.05, 3.63) is 48.2 Å². The minimum atomic E-state index is -0.0659. The number of nitrogens with zero attached hydrogens (tertiary/aromatic N) is 4. The molecule has 1 aliphatic rings. The van der Waals surface area contributed by atoms with Crippen LogP contribution >= 0.6 is 11.8 Å². The first-order chi connectivity index (χ1) is 16.2. The molecule has 0 radical (unpaired) electrons. The van der Waals surface area contributed by atoms with E-state index in [0.717, 1.165) is 44.2 Å². The molecule has 10 heteroatoms. The maximum atomic E-state index is 12.4. The van der Waals surface area contributed by atoms with Crippen molar-refractivity contribution in [2.24, 2.45) is 0 Å². The molecule has 1 aliphatic heterocycles. The summed E-state index contributed by atoms with van der Waals surface area (Å²) < 4.78 is 18.6. The fourth-order valence-corrected chi connectivity index (χ4v) is 4.35. The molecule has 33 heavy (non-hydrogen) atoms. The third-order valence-corrected chi connectivity index (χ3v) is 6.24. The first kappa shape index (κ1) is 23.3. The number of furan rings is 1. The van der Waals surface area contributed by atoms with Gasteiger partial charge in [0.2, 0.25) is 5.91 Å². The van der Waals surface area contributed by atoms with E-state index in [0.29, 0.717) is 36.4 Å². The maximum Gasteiger partial charge on any atom is 0.230 e. The Kier molecular flexibility index (Phi) is 8.40. The fourth-order valence-electron chi connectivity index (χ4n) is 3.51. The van der Waals surface area contributed by atoms with E-state index in [2.05, 4.69) is 20.4 Å². The zero-order chi connectivity index (χ0) is 22.9. The number of hydrogen-bond acceptors (Lipinski definition) is 8. The van der Waals surface area contributed by atoms with Gasteiger partial charge in [0.1, 0.15) is 12.4 Å². The van der Waals surface area contributed by atoms with Crippen molar-refractivity contribution in [3.8, 4) is 17.3 Å². The molecule has 9 nitrogen and oxygen atoms in total. The zero-order valence-electron chi connectivity index (χ0n) is 18.7. The highest BCUT2D eigenvalue weighted by Crippen LogP contribution is 2.24. The molecule has 1 aromatic carbocycles. The second-order valence-electron chi connectivity index (χ2n) is 7.54. The van der Waals surface area contributed by atoms with E-state index < -0.39 is 0 Å². The van der Waals surface area contributed by atoms with E-state index in [9.17, 15) is 4.79 Å². The van der Waals surface area contributed by atoms with E-state index in [1.807, 2.05) is 47.9 Å². The highest BCUT2D eigenvalue weighted by molar-refractivity contribution is 7.99. The van der Waals surface area contributed by atoms with E-state index in [1.165, 1.54) is 11.8 Å². The van der Waals surface area contributed by atoms with Crippen molar-refractivity contribution in [1.29, 1.82) is 0 Å². The standard InChI is InChI=1S/C23H29N5O4S/c1-2-28-22(20-7-4-11-32-20)25-26-23(28)33-17-21(29)24-16-18-5-3-6-19(15-18)31-14-10-27-8-12-30-13-9-27/h3-7,11,15H,2,8-10,12-14,16-17H2,1H3,(H,24,29). The third-order valence-electron chi connectivity index (χ3n) is 5.28. The van der Waals surface area contributed by atoms with Crippen LogP contribution < -0.4 is 10.1 Å². The lowest BCUT2D eigenvalue weighted by atomic mass is 10.2. The molecule has 0 unspecified atom stereocenters. The summed E-state index contributed by atoms with van der Waals surface area (Å²) in [6.45, 7) is 8.12. The number of carbonyl (C=O) groups excluding carboxylic acids is 1. The normalized spacial score (nSPS) is 14.3.